The van der Waals surface area contributed by atoms with Crippen LogP contribution >= 0.6 is 0 Å². The largest absolute Gasteiger partial charge is 0.466 e. The molecule has 3 N–H and O–H groups in total. The molecule has 6 heteroatoms. The zero-order valence-electron chi connectivity index (χ0n) is 46.6. The van der Waals surface area contributed by atoms with Crippen LogP contribution in [-0.2, 0) is 14.3 Å². The average Bonchev–Trinajstić information content (AvgIpc) is 3.35. The van der Waals surface area contributed by atoms with Crippen molar-refractivity contribution in [1.29, 1.82) is 0 Å². The average molecular weight is 973 g/mol. The van der Waals surface area contributed by atoms with Crippen LogP contribution in [0.2, 0.25) is 0 Å². The lowest BCUT2D eigenvalue weighted by atomic mass is 10.0. The number of allylic oxidation sites excluding steroid dienone is 3. The van der Waals surface area contributed by atoms with Gasteiger partial charge in [-0.05, 0) is 57.8 Å². The zero-order valence-corrected chi connectivity index (χ0v) is 46.6. The van der Waals surface area contributed by atoms with Crippen molar-refractivity contribution in [2.24, 2.45) is 0 Å². The minimum atomic E-state index is -0.849. The van der Waals surface area contributed by atoms with Gasteiger partial charge in [0.25, 0.3) is 0 Å². The molecule has 1 amide bonds. The Kier molecular flexibility index (Phi) is 57.5. The van der Waals surface area contributed by atoms with Crippen molar-refractivity contribution in [2.45, 2.75) is 353 Å². The van der Waals surface area contributed by atoms with Gasteiger partial charge in [-0.2, -0.15) is 0 Å². The van der Waals surface area contributed by atoms with E-state index >= 15 is 0 Å². The maximum Gasteiger partial charge on any atom is 0.305 e. The molecule has 0 aliphatic heterocycles. The first kappa shape index (κ1) is 67.3. The van der Waals surface area contributed by atoms with Gasteiger partial charge in [0.15, 0.2) is 0 Å². The Labute approximate surface area is 431 Å². The Morgan fingerprint density at radius 1 is 0.391 bits per heavy atom. The summed E-state index contributed by atoms with van der Waals surface area (Å²) in [7, 11) is 0. The number of ether oxygens (including phenoxy) is 1. The summed E-state index contributed by atoms with van der Waals surface area (Å²) in [6, 6.07) is -0.633. The summed E-state index contributed by atoms with van der Waals surface area (Å²) in [5.41, 5.74) is 0. The highest BCUT2D eigenvalue weighted by atomic mass is 16.5. The summed E-state index contributed by atoms with van der Waals surface area (Å²) >= 11 is 0. The summed E-state index contributed by atoms with van der Waals surface area (Å²) in [6.45, 7) is 4.92. The minimum absolute atomic E-state index is 0.0108. The number of nitrogens with one attached hydrogen (secondary N) is 1. The monoisotopic (exact) mass is 972 g/mol. The number of hydrogen-bond acceptors (Lipinski definition) is 5. The molecule has 69 heavy (non-hydrogen) atoms. The minimum Gasteiger partial charge on any atom is -0.466 e. The highest BCUT2D eigenvalue weighted by Gasteiger charge is 2.18. The Hall–Kier alpha value is -1.66. The maximum absolute atomic E-state index is 12.5. The van der Waals surface area contributed by atoms with Crippen molar-refractivity contribution in [3.05, 3.63) is 24.3 Å². The molecule has 0 aromatic rings. The fraction of sp³-hybridized carbons (Fsp3) is 0.905. The Morgan fingerprint density at radius 2 is 0.681 bits per heavy atom. The Morgan fingerprint density at radius 3 is 1.03 bits per heavy atom. The lowest BCUT2D eigenvalue weighted by Crippen LogP contribution is -2.45. The first-order valence-corrected chi connectivity index (χ1v) is 31.1. The van der Waals surface area contributed by atoms with E-state index in [0.717, 1.165) is 44.9 Å². The third-order valence-electron chi connectivity index (χ3n) is 14.5. The van der Waals surface area contributed by atoms with Gasteiger partial charge in [-0.15, -0.1) is 0 Å². The van der Waals surface area contributed by atoms with Crippen LogP contribution in [0.5, 0.6) is 0 Å². The van der Waals surface area contributed by atoms with Gasteiger partial charge in [-0.25, -0.2) is 0 Å². The van der Waals surface area contributed by atoms with Crippen molar-refractivity contribution in [1.82, 2.24) is 5.32 Å². The molecule has 0 fully saturated rings. The number of aliphatic hydroxyl groups excluding tert-OH is 2. The third kappa shape index (κ3) is 55.5. The van der Waals surface area contributed by atoms with E-state index in [1.54, 1.807) is 6.08 Å². The number of aliphatic hydroxyl groups is 2. The summed E-state index contributed by atoms with van der Waals surface area (Å²) in [5, 5.41) is 23.1. The lowest BCUT2D eigenvalue weighted by molar-refractivity contribution is -0.143. The van der Waals surface area contributed by atoms with Gasteiger partial charge in [0.2, 0.25) is 5.91 Å². The molecule has 6 nitrogen and oxygen atoms in total. The second kappa shape index (κ2) is 58.9. The number of esters is 1. The number of amides is 1. The third-order valence-corrected chi connectivity index (χ3v) is 14.5. The van der Waals surface area contributed by atoms with Gasteiger partial charge in [0.05, 0.1) is 25.4 Å². The van der Waals surface area contributed by atoms with Crippen LogP contribution < -0.4 is 5.32 Å². The predicted molar refractivity (Wildman–Crippen MR) is 301 cm³/mol. The first-order valence-electron chi connectivity index (χ1n) is 31.1. The van der Waals surface area contributed by atoms with E-state index in [9.17, 15) is 19.8 Å². The molecule has 0 heterocycles. The van der Waals surface area contributed by atoms with Gasteiger partial charge in [0.1, 0.15) is 0 Å². The van der Waals surface area contributed by atoms with E-state index in [0.29, 0.717) is 19.4 Å². The SMILES string of the molecule is CCCCCCCCCCCCCCCC/C=C/C(O)C(CO)NC(=O)CCCCCCCCC/C=C\CCCCCCCCCCCCOC(=O)CCCCCCCCCCCCCCCCC. The van der Waals surface area contributed by atoms with Crippen LogP contribution in [0.25, 0.3) is 0 Å². The summed E-state index contributed by atoms with van der Waals surface area (Å²) in [4.78, 5) is 24.5. The van der Waals surface area contributed by atoms with Gasteiger partial charge >= 0.3 is 5.97 Å². The molecule has 0 saturated heterocycles. The number of hydrogen-bond donors (Lipinski definition) is 3. The van der Waals surface area contributed by atoms with E-state index in [1.165, 1.54) is 270 Å². The fourth-order valence-electron chi connectivity index (χ4n) is 9.69. The van der Waals surface area contributed by atoms with Crippen molar-refractivity contribution >= 4 is 11.9 Å². The highest BCUT2D eigenvalue weighted by Crippen LogP contribution is 2.17. The number of unbranched alkanes of at least 4 members (excludes halogenated alkanes) is 45. The van der Waals surface area contributed by atoms with Crippen LogP contribution in [0, 0.1) is 0 Å². The Balaban J connectivity index is 3.43. The van der Waals surface area contributed by atoms with E-state index in [2.05, 4.69) is 31.3 Å². The van der Waals surface area contributed by atoms with Gasteiger partial charge < -0.3 is 20.3 Å². The number of carbonyl (C=O) groups is 2. The number of carbonyl (C=O) groups excluding carboxylic acids is 2. The molecule has 0 aliphatic carbocycles. The summed E-state index contributed by atoms with van der Waals surface area (Å²) < 4.78 is 5.49. The van der Waals surface area contributed by atoms with E-state index in [1.807, 2.05) is 6.08 Å². The number of rotatable bonds is 58. The topological polar surface area (TPSA) is 95.9 Å². The van der Waals surface area contributed by atoms with Crippen molar-refractivity contribution in [3.8, 4) is 0 Å². The fourth-order valence-corrected chi connectivity index (χ4v) is 9.69. The van der Waals surface area contributed by atoms with E-state index in [4.69, 9.17) is 4.74 Å². The quantitative estimate of drug-likeness (QED) is 0.0321. The second-order valence-electron chi connectivity index (χ2n) is 21.4. The normalized spacial score (nSPS) is 12.7. The van der Waals surface area contributed by atoms with Crippen LogP contribution in [0.3, 0.4) is 0 Å². The van der Waals surface area contributed by atoms with Crippen LogP contribution in [0.15, 0.2) is 24.3 Å². The molecule has 0 aromatic carbocycles. The summed E-state index contributed by atoms with van der Waals surface area (Å²) in [5.74, 6) is -0.0630. The molecule has 2 unspecified atom stereocenters. The summed E-state index contributed by atoms with van der Waals surface area (Å²) in [6.07, 6.45) is 72.1. The molecule has 0 radical (unpaired) electrons. The smallest absolute Gasteiger partial charge is 0.305 e. The lowest BCUT2D eigenvalue weighted by Gasteiger charge is -2.20. The van der Waals surface area contributed by atoms with Crippen LogP contribution in [0.1, 0.15) is 341 Å². The molecule has 408 valence electrons. The molecule has 0 aliphatic rings. The molecule has 0 saturated carbocycles. The highest BCUT2D eigenvalue weighted by molar-refractivity contribution is 5.76. The molecular formula is C63H121NO5. The molecule has 2 atom stereocenters. The molecule has 0 spiro atoms. The molecule has 0 aromatic heterocycles. The molecule has 0 rings (SSSR count). The van der Waals surface area contributed by atoms with E-state index < -0.39 is 12.1 Å². The maximum atomic E-state index is 12.5. The molecule has 0 bridgehead atoms. The second-order valence-corrected chi connectivity index (χ2v) is 21.4. The first-order chi connectivity index (χ1) is 34.0. The predicted octanol–water partition coefficient (Wildman–Crippen LogP) is 19.4. The van der Waals surface area contributed by atoms with Crippen LogP contribution in [0.4, 0.5) is 0 Å². The standard InChI is InChI=1S/C63H121NO5/c1-3-5-7-9-11-13-15-17-19-28-31-35-39-43-47-51-55-61(66)60(59-65)64-62(67)56-52-48-44-40-36-32-29-25-23-21-20-22-24-26-30-34-38-42-46-50-54-58-69-63(68)57-53-49-45-41-37-33-27-18-16-14-12-10-8-6-4-2/h21,23,51,55,60-61,65-66H,3-20,22,24-50,52-54,56-59H2,1-2H3,(H,64,67)/b23-21-,55-51+. The van der Waals surface area contributed by atoms with Crippen molar-refractivity contribution in [2.75, 3.05) is 13.2 Å². The van der Waals surface area contributed by atoms with Gasteiger partial charge in [-0.1, -0.05) is 295 Å². The van der Waals surface area contributed by atoms with Crippen molar-refractivity contribution in [3.63, 3.8) is 0 Å². The van der Waals surface area contributed by atoms with Gasteiger partial charge in [-0.3, -0.25) is 9.59 Å². The van der Waals surface area contributed by atoms with Gasteiger partial charge in [0, 0.05) is 12.8 Å². The zero-order chi connectivity index (χ0) is 50.0. The van der Waals surface area contributed by atoms with E-state index in [-0.39, 0.29) is 18.5 Å². The van der Waals surface area contributed by atoms with Crippen molar-refractivity contribution < 1.29 is 24.5 Å². The van der Waals surface area contributed by atoms with Crippen LogP contribution in [-0.4, -0.2) is 47.4 Å². The Bertz CT molecular complexity index is 1080. The molecular weight excluding hydrogens is 851 g/mol.